The summed E-state index contributed by atoms with van der Waals surface area (Å²) in [5, 5.41) is 3.35. The molecule has 106 valence electrons. The number of nitrogens with zero attached hydrogens (tertiary/aromatic N) is 1. The Morgan fingerprint density at radius 2 is 2.11 bits per heavy atom. The second-order valence-electron chi connectivity index (χ2n) is 4.87. The van der Waals surface area contributed by atoms with E-state index >= 15 is 0 Å². The maximum atomic E-state index is 12.2. The summed E-state index contributed by atoms with van der Waals surface area (Å²) in [6, 6.07) is 9.93. The van der Waals surface area contributed by atoms with E-state index in [1.54, 1.807) is 0 Å². The van der Waals surface area contributed by atoms with Gasteiger partial charge in [0.15, 0.2) is 0 Å². The van der Waals surface area contributed by atoms with E-state index in [1.165, 1.54) is 6.42 Å². The maximum absolute atomic E-state index is 12.2. The Hall–Kier alpha value is -1.06. The molecular formula is C15H23ClN2O. The van der Waals surface area contributed by atoms with Gasteiger partial charge >= 0.3 is 0 Å². The molecule has 0 radical (unpaired) electrons. The predicted octanol–water partition coefficient (Wildman–Crippen LogP) is 2.85. The highest BCUT2D eigenvalue weighted by Crippen LogP contribution is 2.18. The average Bonchev–Trinajstić information content (AvgIpc) is 2.92. The number of hydrogen-bond acceptors (Lipinski definition) is 2. The Morgan fingerprint density at radius 1 is 1.37 bits per heavy atom. The first-order valence-corrected chi connectivity index (χ1v) is 6.87. The number of amides is 1. The lowest BCUT2D eigenvalue weighted by Crippen LogP contribution is -2.30. The SMILES string of the molecule is CCN(C(=O)CCC1CCNC1)c1ccccc1.Cl. The van der Waals surface area contributed by atoms with Gasteiger partial charge in [-0.25, -0.2) is 0 Å². The van der Waals surface area contributed by atoms with Crippen molar-refractivity contribution < 1.29 is 4.79 Å². The van der Waals surface area contributed by atoms with Crippen molar-refractivity contribution >= 4 is 24.0 Å². The van der Waals surface area contributed by atoms with E-state index in [0.717, 1.165) is 31.7 Å². The van der Waals surface area contributed by atoms with Crippen molar-refractivity contribution in [3.8, 4) is 0 Å². The van der Waals surface area contributed by atoms with Gasteiger partial charge in [0.2, 0.25) is 5.91 Å². The smallest absolute Gasteiger partial charge is 0.226 e. The van der Waals surface area contributed by atoms with Gasteiger partial charge in [-0.15, -0.1) is 12.4 Å². The Balaban J connectivity index is 0.00000180. The highest BCUT2D eigenvalue weighted by molar-refractivity contribution is 5.93. The molecule has 0 saturated carbocycles. The van der Waals surface area contributed by atoms with Gasteiger partial charge in [0.1, 0.15) is 0 Å². The van der Waals surface area contributed by atoms with Crippen LogP contribution in [0.5, 0.6) is 0 Å². The second-order valence-corrected chi connectivity index (χ2v) is 4.87. The molecular weight excluding hydrogens is 260 g/mol. The third kappa shape index (κ3) is 4.51. The van der Waals surface area contributed by atoms with Gasteiger partial charge in [-0.2, -0.15) is 0 Å². The number of nitrogens with one attached hydrogen (secondary N) is 1. The van der Waals surface area contributed by atoms with Crippen LogP contribution in [-0.2, 0) is 4.79 Å². The Bertz CT molecular complexity index is 377. The highest BCUT2D eigenvalue weighted by Gasteiger charge is 2.18. The fourth-order valence-electron chi connectivity index (χ4n) is 2.53. The lowest BCUT2D eigenvalue weighted by Gasteiger charge is -2.21. The number of anilines is 1. The summed E-state index contributed by atoms with van der Waals surface area (Å²) in [5.74, 6) is 0.930. The topological polar surface area (TPSA) is 32.3 Å². The number of carbonyl (C=O) groups excluding carboxylic acids is 1. The lowest BCUT2D eigenvalue weighted by molar-refractivity contribution is -0.118. The zero-order valence-corrected chi connectivity index (χ0v) is 12.3. The molecule has 1 heterocycles. The summed E-state index contributed by atoms with van der Waals surface area (Å²) in [7, 11) is 0. The molecule has 1 atom stereocenters. The van der Waals surface area contributed by atoms with E-state index in [1.807, 2.05) is 42.2 Å². The third-order valence-corrected chi connectivity index (χ3v) is 3.61. The van der Waals surface area contributed by atoms with Crippen molar-refractivity contribution in [2.75, 3.05) is 24.5 Å². The summed E-state index contributed by atoms with van der Waals surface area (Å²) in [6.45, 7) is 4.95. The first-order valence-electron chi connectivity index (χ1n) is 6.87. The Morgan fingerprint density at radius 3 is 2.68 bits per heavy atom. The van der Waals surface area contributed by atoms with Gasteiger partial charge in [0.05, 0.1) is 0 Å². The summed E-state index contributed by atoms with van der Waals surface area (Å²) < 4.78 is 0. The molecule has 4 heteroatoms. The van der Waals surface area contributed by atoms with Crippen LogP contribution in [0.25, 0.3) is 0 Å². The van der Waals surface area contributed by atoms with Crippen molar-refractivity contribution in [2.24, 2.45) is 5.92 Å². The number of benzene rings is 1. The average molecular weight is 283 g/mol. The standard InChI is InChI=1S/C15H22N2O.ClH/c1-2-17(14-6-4-3-5-7-14)15(18)9-8-13-10-11-16-12-13;/h3-7,13,16H,2,8-12H2,1H3;1H. The van der Waals surface area contributed by atoms with Crippen molar-refractivity contribution in [1.82, 2.24) is 5.32 Å². The molecule has 1 aliphatic rings. The predicted molar refractivity (Wildman–Crippen MR) is 81.9 cm³/mol. The Kier molecular flexibility index (Phi) is 6.89. The first-order chi connectivity index (χ1) is 8.81. The minimum atomic E-state index is 0. The van der Waals surface area contributed by atoms with Crippen LogP contribution in [-0.4, -0.2) is 25.5 Å². The molecule has 1 amide bonds. The number of rotatable bonds is 5. The van der Waals surface area contributed by atoms with Crippen LogP contribution < -0.4 is 10.2 Å². The molecule has 1 N–H and O–H groups in total. The van der Waals surface area contributed by atoms with E-state index in [9.17, 15) is 4.79 Å². The molecule has 0 spiro atoms. The normalized spacial score (nSPS) is 17.8. The van der Waals surface area contributed by atoms with Crippen molar-refractivity contribution in [3.63, 3.8) is 0 Å². The summed E-state index contributed by atoms with van der Waals surface area (Å²) in [4.78, 5) is 14.1. The van der Waals surface area contributed by atoms with Gasteiger partial charge in [-0.05, 0) is 50.9 Å². The molecule has 1 aromatic carbocycles. The molecule has 1 aliphatic heterocycles. The number of carbonyl (C=O) groups is 1. The molecule has 19 heavy (non-hydrogen) atoms. The highest BCUT2D eigenvalue weighted by atomic mass is 35.5. The number of para-hydroxylation sites is 1. The summed E-state index contributed by atoms with van der Waals surface area (Å²) in [6.07, 6.45) is 2.88. The second kappa shape index (κ2) is 8.18. The molecule has 3 nitrogen and oxygen atoms in total. The molecule has 0 aliphatic carbocycles. The molecule has 1 fully saturated rings. The Labute approximate surface area is 121 Å². The molecule has 1 aromatic rings. The van der Waals surface area contributed by atoms with Gasteiger partial charge < -0.3 is 10.2 Å². The van der Waals surface area contributed by atoms with Crippen LogP contribution in [0, 0.1) is 5.92 Å². The van der Waals surface area contributed by atoms with E-state index < -0.39 is 0 Å². The van der Waals surface area contributed by atoms with Crippen molar-refractivity contribution in [3.05, 3.63) is 30.3 Å². The first kappa shape index (κ1) is 16.0. The lowest BCUT2D eigenvalue weighted by atomic mass is 10.0. The quantitative estimate of drug-likeness (QED) is 0.901. The van der Waals surface area contributed by atoms with Gasteiger partial charge in [-0.3, -0.25) is 4.79 Å². The molecule has 1 saturated heterocycles. The van der Waals surface area contributed by atoms with Gasteiger partial charge in [-0.1, -0.05) is 18.2 Å². The molecule has 0 bridgehead atoms. The van der Waals surface area contributed by atoms with Crippen LogP contribution >= 0.6 is 12.4 Å². The van der Waals surface area contributed by atoms with Gasteiger partial charge in [0.25, 0.3) is 0 Å². The van der Waals surface area contributed by atoms with Crippen LogP contribution in [0.3, 0.4) is 0 Å². The minimum absolute atomic E-state index is 0. The fraction of sp³-hybridized carbons (Fsp3) is 0.533. The molecule has 0 aromatic heterocycles. The van der Waals surface area contributed by atoms with Crippen molar-refractivity contribution in [1.29, 1.82) is 0 Å². The summed E-state index contributed by atoms with van der Waals surface area (Å²) in [5.41, 5.74) is 1.01. The zero-order chi connectivity index (χ0) is 12.8. The maximum Gasteiger partial charge on any atom is 0.226 e. The van der Waals surface area contributed by atoms with Gasteiger partial charge in [0, 0.05) is 18.7 Å². The summed E-state index contributed by atoms with van der Waals surface area (Å²) >= 11 is 0. The van der Waals surface area contributed by atoms with Crippen LogP contribution in [0.4, 0.5) is 5.69 Å². The monoisotopic (exact) mass is 282 g/mol. The zero-order valence-electron chi connectivity index (χ0n) is 11.5. The van der Waals surface area contributed by atoms with E-state index in [4.69, 9.17) is 0 Å². The molecule has 2 rings (SSSR count). The number of halogens is 1. The largest absolute Gasteiger partial charge is 0.316 e. The van der Waals surface area contributed by atoms with E-state index in [2.05, 4.69) is 5.32 Å². The third-order valence-electron chi connectivity index (χ3n) is 3.61. The molecule has 1 unspecified atom stereocenters. The van der Waals surface area contributed by atoms with E-state index in [-0.39, 0.29) is 18.3 Å². The van der Waals surface area contributed by atoms with Crippen LogP contribution in [0.15, 0.2) is 30.3 Å². The van der Waals surface area contributed by atoms with E-state index in [0.29, 0.717) is 12.3 Å². The van der Waals surface area contributed by atoms with Crippen LogP contribution in [0.2, 0.25) is 0 Å². The number of hydrogen-bond donors (Lipinski definition) is 1. The fourth-order valence-corrected chi connectivity index (χ4v) is 2.53. The van der Waals surface area contributed by atoms with Crippen molar-refractivity contribution in [2.45, 2.75) is 26.2 Å². The minimum Gasteiger partial charge on any atom is -0.316 e. The van der Waals surface area contributed by atoms with Crippen LogP contribution in [0.1, 0.15) is 26.2 Å².